The van der Waals surface area contributed by atoms with Crippen LogP contribution in [0.2, 0.25) is 0 Å². The molecule has 1 aliphatic rings. The summed E-state index contributed by atoms with van der Waals surface area (Å²) in [5, 5.41) is 15.6. The first-order valence-corrected chi connectivity index (χ1v) is 10.4. The van der Waals surface area contributed by atoms with Crippen molar-refractivity contribution in [3.8, 4) is 5.75 Å². The molecule has 7 heteroatoms. The number of aromatic hydroxyl groups is 1. The van der Waals surface area contributed by atoms with E-state index < -0.39 is 11.5 Å². The van der Waals surface area contributed by atoms with Crippen LogP contribution in [0.15, 0.2) is 68.9 Å². The van der Waals surface area contributed by atoms with Crippen molar-refractivity contribution < 1.29 is 9.52 Å². The predicted octanol–water partition coefficient (Wildman–Crippen LogP) is 4.24. The molecule has 4 rings (SSSR count). The average Bonchev–Trinajstić information content (AvgIpc) is 3.29. The standard InChI is InChI=1S/C24H27N3O3.ClH/c25-26-18(12-15-27-13-6-7-14-27)16-20(17-8-2-1-3-9-17)22-23(28)19-10-4-5-11-21(19)30-24(22)29;/h1-5,8-11,20,28H,6-7,12-16,25H2;1H/b26-18-;. The molecule has 1 saturated heterocycles. The first kappa shape index (κ1) is 22.8. The molecule has 0 bridgehead atoms. The largest absolute Gasteiger partial charge is 0.507 e. The Kier molecular flexibility index (Phi) is 7.71. The lowest BCUT2D eigenvalue weighted by atomic mass is 9.86. The number of benzene rings is 2. The van der Waals surface area contributed by atoms with Gasteiger partial charge in [-0.15, -0.1) is 12.4 Å². The Morgan fingerprint density at radius 3 is 2.48 bits per heavy atom. The van der Waals surface area contributed by atoms with Gasteiger partial charge in [-0.2, -0.15) is 5.10 Å². The van der Waals surface area contributed by atoms with E-state index in [9.17, 15) is 9.90 Å². The first-order valence-electron chi connectivity index (χ1n) is 10.4. The number of nitrogens with two attached hydrogens (primary N) is 1. The highest BCUT2D eigenvalue weighted by Gasteiger charge is 2.26. The predicted molar refractivity (Wildman–Crippen MR) is 126 cm³/mol. The van der Waals surface area contributed by atoms with E-state index in [1.165, 1.54) is 12.8 Å². The summed E-state index contributed by atoms with van der Waals surface area (Å²) in [5.41, 5.74) is 1.83. The van der Waals surface area contributed by atoms with Crippen LogP contribution in [0, 0.1) is 0 Å². The number of nitrogens with zero attached hydrogens (tertiary/aromatic N) is 2. The van der Waals surface area contributed by atoms with Crippen LogP contribution in [0.3, 0.4) is 0 Å². The van der Waals surface area contributed by atoms with Crippen LogP contribution < -0.4 is 11.5 Å². The third kappa shape index (κ3) is 5.09. The Labute approximate surface area is 187 Å². The second-order valence-electron chi connectivity index (χ2n) is 7.81. The van der Waals surface area contributed by atoms with E-state index in [0.29, 0.717) is 17.4 Å². The maximum absolute atomic E-state index is 12.9. The minimum absolute atomic E-state index is 0. The fourth-order valence-corrected chi connectivity index (χ4v) is 4.28. The molecule has 0 saturated carbocycles. The summed E-state index contributed by atoms with van der Waals surface area (Å²) in [5.74, 6) is 5.30. The SMILES string of the molecule is Cl.N/N=C(/CCN1CCCC1)CC(c1ccccc1)c1c(O)c2ccccc2oc1=O. The summed E-state index contributed by atoms with van der Waals surface area (Å²) in [4.78, 5) is 15.3. The van der Waals surface area contributed by atoms with E-state index in [1.807, 2.05) is 36.4 Å². The van der Waals surface area contributed by atoms with Crippen molar-refractivity contribution in [2.75, 3.05) is 19.6 Å². The molecule has 0 spiro atoms. The van der Waals surface area contributed by atoms with Crippen LogP contribution in [0.1, 0.15) is 42.7 Å². The zero-order valence-electron chi connectivity index (χ0n) is 17.4. The summed E-state index contributed by atoms with van der Waals surface area (Å²) in [6.07, 6.45) is 3.64. The molecule has 3 aromatic rings. The third-order valence-corrected chi connectivity index (χ3v) is 5.91. The highest BCUT2D eigenvalue weighted by molar-refractivity contribution is 5.87. The lowest BCUT2D eigenvalue weighted by Crippen LogP contribution is -2.24. The zero-order valence-corrected chi connectivity index (χ0v) is 18.2. The van der Waals surface area contributed by atoms with Crippen molar-refractivity contribution in [1.82, 2.24) is 4.90 Å². The molecule has 0 amide bonds. The second kappa shape index (κ2) is 10.5. The molecular weight excluding hydrogens is 414 g/mol. The fourth-order valence-electron chi connectivity index (χ4n) is 4.28. The molecule has 1 atom stereocenters. The maximum atomic E-state index is 12.9. The van der Waals surface area contributed by atoms with Crippen molar-refractivity contribution in [2.24, 2.45) is 10.9 Å². The third-order valence-electron chi connectivity index (χ3n) is 5.91. The van der Waals surface area contributed by atoms with Crippen LogP contribution in [0.5, 0.6) is 5.75 Å². The Hall–Kier alpha value is -2.83. The summed E-state index contributed by atoms with van der Waals surface area (Å²) in [6.45, 7) is 3.11. The van der Waals surface area contributed by atoms with Crippen LogP contribution in [-0.4, -0.2) is 35.4 Å². The van der Waals surface area contributed by atoms with Gasteiger partial charge in [0.15, 0.2) is 0 Å². The quantitative estimate of drug-likeness (QED) is 0.247. The van der Waals surface area contributed by atoms with Crippen LogP contribution in [-0.2, 0) is 0 Å². The van der Waals surface area contributed by atoms with Gasteiger partial charge in [-0.05, 0) is 50.0 Å². The Morgan fingerprint density at radius 2 is 1.77 bits per heavy atom. The molecule has 1 aliphatic heterocycles. The Balaban J connectivity index is 0.00000272. The number of hydrazone groups is 1. The van der Waals surface area contributed by atoms with Gasteiger partial charge in [0.25, 0.3) is 0 Å². The van der Waals surface area contributed by atoms with Crippen molar-refractivity contribution >= 4 is 29.1 Å². The number of likely N-dealkylation sites (tertiary alicyclic amines) is 1. The second-order valence-corrected chi connectivity index (χ2v) is 7.81. The van der Waals surface area contributed by atoms with Crippen LogP contribution >= 0.6 is 12.4 Å². The van der Waals surface area contributed by atoms with E-state index >= 15 is 0 Å². The normalized spacial score (nSPS) is 15.7. The Bertz CT molecular complexity index is 1090. The number of hydrogen-bond donors (Lipinski definition) is 2. The van der Waals surface area contributed by atoms with Gasteiger partial charge >= 0.3 is 5.63 Å². The smallest absolute Gasteiger partial charge is 0.343 e. The van der Waals surface area contributed by atoms with Crippen LogP contribution in [0.4, 0.5) is 0 Å². The number of hydrogen-bond acceptors (Lipinski definition) is 6. The minimum Gasteiger partial charge on any atom is -0.507 e. The molecule has 164 valence electrons. The summed E-state index contributed by atoms with van der Waals surface area (Å²) in [7, 11) is 0. The van der Waals surface area contributed by atoms with Gasteiger partial charge in [-0.1, -0.05) is 42.5 Å². The van der Waals surface area contributed by atoms with Crippen LogP contribution in [0.25, 0.3) is 11.0 Å². The number of para-hydroxylation sites is 1. The molecular formula is C24H28ClN3O3. The van der Waals surface area contributed by atoms with E-state index in [0.717, 1.165) is 37.3 Å². The van der Waals surface area contributed by atoms with Crippen molar-refractivity contribution in [3.05, 3.63) is 76.1 Å². The minimum atomic E-state index is -0.532. The monoisotopic (exact) mass is 441 g/mol. The van der Waals surface area contributed by atoms with E-state index in [2.05, 4.69) is 10.0 Å². The highest BCUT2D eigenvalue weighted by atomic mass is 35.5. The summed E-state index contributed by atoms with van der Waals surface area (Å²) < 4.78 is 5.54. The average molecular weight is 442 g/mol. The molecule has 6 nitrogen and oxygen atoms in total. The topological polar surface area (TPSA) is 92.1 Å². The summed E-state index contributed by atoms with van der Waals surface area (Å²) in [6, 6.07) is 16.7. The van der Waals surface area contributed by atoms with Crippen molar-refractivity contribution in [2.45, 2.75) is 31.6 Å². The molecule has 2 aromatic carbocycles. The zero-order chi connectivity index (χ0) is 20.9. The van der Waals surface area contributed by atoms with Gasteiger partial charge in [-0.3, -0.25) is 0 Å². The van der Waals surface area contributed by atoms with Gasteiger partial charge in [0, 0.05) is 24.6 Å². The molecule has 1 aromatic heterocycles. The Morgan fingerprint density at radius 1 is 1.10 bits per heavy atom. The van der Waals surface area contributed by atoms with E-state index in [4.69, 9.17) is 10.3 Å². The van der Waals surface area contributed by atoms with Crippen molar-refractivity contribution in [1.29, 1.82) is 0 Å². The number of fused-ring (bicyclic) bond motifs is 1. The van der Waals surface area contributed by atoms with Gasteiger partial charge < -0.3 is 20.3 Å². The van der Waals surface area contributed by atoms with Gasteiger partial charge in [0.05, 0.1) is 10.9 Å². The summed E-state index contributed by atoms with van der Waals surface area (Å²) >= 11 is 0. The van der Waals surface area contributed by atoms with E-state index in [-0.39, 0.29) is 23.7 Å². The molecule has 1 unspecified atom stereocenters. The molecule has 1 fully saturated rings. The lowest BCUT2D eigenvalue weighted by molar-refractivity contribution is 0.349. The fraction of sp³-hybridized carbons (Fsp3) is 0.333. The maximum Gasteiger partial charge on any atom is 0.343 e. The number of halogens is 1. The lowest BCUT2D eigenvalue weighted by Gasteiger charge is -2.21. The van der Waals surface area contributed by atoms with Gasteiger partial charge in [-0.25, -0.2) is 4.79 Å². The van der Waals surface area contributed by atoms with E-state index in [1.54, 1.807) is 18.2 Å². The van der Waals surface area contributed by atoms with Gasteiger partial charge in [0.1, 0.15) is 11.3 Å². The molecule has 2 heterocycles. The number of rotatable bonds is 7. The molecule has 0 aliphatic carbocycles. The first-order chi connectivity index (χ1) is 14.7. The molecule has 31 heavy (non-hydrogen) atoms. The van der Waals surface area contributed by atoms with Crippen molar-refractivity contribution in [3.63, 3.8) is 0 Å². The highest BCUT2D eigenvalue weighted by Crippen LogP contribution is 2.36. The van der Waals surface area contributed by atoms with Gasteiger partial charge in [0.2, 0.25) is 0 Å². The molecule has 0 radical (unpaired) electrons. The molecule has 3 N–H and O–H groups in total.